The van der Waals surface area contributed by atoms with Gasteiger partial charge in [-0.3, -0.25) is 9.36 Å². The average Bonchev–Trinajstić information content (AvgIpc) is 3.36. The number of fused-ring (bicyclic) bond motifs is 1. The van der Waals surface area contributed by atoms with E-state index in [4.69, 9.17) is 9.15 Å². The Morgan fingerprint density at radius 3 is 2.77 bits per heavy atom. The van der Waals surface area contributed by atoms with Crippen LogP contribution in [-0.4, -0.2) is 51.5 Å². The summed E-state index contributed by atoms with van der Waals surface area (Å²) in [5, 5.41) is 10.4. The van der Waals surface area contributed by atoms with E-state index in [1.165, 1.54) is 11.8 Å². The molecule has 0 N–H and O–H groups in total. The molecule has 160 valence electrons. The van der Waals surface area contributed by atoms with Gasteiger partial charge in [-0.2, -0.15) is 0 Å². The Kier molecular flexibility index (Phi) is 6.04. The van der Waals surface area contributed by atoms with Gasteiger partial charge >= 0.3 is 0 Å². The highest BCUT2D eigenvalue weighted by molar-refractivity contribution is 7.99. The summed E-state index contributed by atoms with van der Waals surface area (Å²) >= 11 is 1.44. The quantitative estimate of drug-likeness (QED) is 0.533. The van der Waals surface area contributed by atoms with Crippen molar-refractivity contribution in [1.82, 2.24) is 19.7 Å². The molecule has 0 unspecified atom stereocenters. The predicted molar refractivity (Wildman–Crippen MR) is 118 cm³/mol. The van der Waals surface area contributed by atoms with E-state index >= 15 is 0 Å². The smallest absolute Gasteiger partial charge is 0.233 e. The number of amides is 1. The molecule has 8 heteroatoms. The fraction of sp³-hybridized carbons (Fsp3) is 0.500. The van der Waals surface area contributed by atoms with Crippen molar-refractivity contribution >= 4 is 28.6 Å². The number of carbonyl (C=O) groups is 1. The number of furan rings is 1. The van der Waals surface area contributed by atoms with Gasteiger partial charge in [0.05, 0.1) is 12.9 Å². The molecule has 3 heterocycles. The molecule has 2 aromatic heterocycles. The van der Waals surface area contributed by atoms with Gasteiger partial charge in [-0.15, -0.1) is 10.2 Å². The Balaban J connectivity index is 1.56. The number of hydrogen-bond acceptors (Lipinski definition) is 6. The predicted octanol–water partition coefficient (Wildman–Crippen LogP) is 4.63. The van der Waals surface area contributed by atoms with Crippen LogP contribution in [0.25, 0.3) is 22.6 Å². The second-order valence-electron chi connectivity index (χ2n) is 8.11. The Morgan fingerprint density at radius 1 is 1.30 bits per heavy atom. The van der Waals surface area contributed by atoms with E-state index in [1.54, 1.807) is 7.11 Å². The molecule has 0 radical (unpaired) electrons. The number of thioether (sulfide) groups is 1. The molecule has 0 spiro atoms. The molecule has 7 nitrogen and oxygen atoms in total. The summed E-state index contributed by atoms with van der Waals surface area (Å²) in [5.74, 6) is 3.22. The minimum absolute atomic E-state index is 0.124. The fourth-order valence-electron chi connectivity index (χ4n) is 3.79. The average molecular weight is 429 g/mol. The highest BCUT2D eigenvalue weighted by atomic mass is 32.2. The van der Waals surface area contributed by atoms with E-state index in [9.17, 15) is 4.79 Å². The standard InChI is InChI=1S/C22H28N4O3S/c1-14(2)26-21(18-12-16-6-5-7-17(28-4)20(16)29-18)23-24-22(26)30-13-19(27)25-10-8-15(3)9-11-25/h5-7,12,14-15H,8-11,13H2,1-4H3. The van der Waals surface area contributed by atoms with Crippen LogP contribution in [0.2, 0.25) is 0 Å². The lowest BCUT2D eigenvalue weighted by Crippen LogP contribution is -2.38. The third kappa shape index (κ3) is 4.05. The topological polar surface area (TPSA) is 73.4 Å². The molecule has 1 aliphatic rings. The zero-order valence-electron chi connectivity index (χ0n) is 17.9. The summed E-state index contributed by atoms with van der Waals surface area (Å²) in [5.41, 5.74) is 0.692. The van der Waals surface area contributed by atoms with E-state index in [2.05, 4.69) is 31.0 Å². The van der Waals surface area contributed by atoms with E-state index in [0.717, 1.165) is 36.5 Å². The van der Waals surface area contributed by atoms with E-state index in [1.807, 2.05) is 33.7 Å². The molecule has 1 amide bonds. The Labute approximate surface area is 180 Å². The molecule has 0 bridgehead atoms. The lowest BCUT2D eigenvalue weighted by Gasteiger charge is -2.30. The van der Waals surface area contributed by atoms with Crippen molar-refractivity contribution in [2.45, 2.75) is 44.8 Å². The number of para-hydroxylation sites is 1. The number of carbonyl (C=O) groups excluding carboxylic acids is 1. The minimum Gasteiger partial charge on any atom is -0.493 e. The van der Waals surface area contributed by atoms with Crippen LogP contribution in [0.3, 0.4) is 0 Å². The van der Waals surface area contributed by atoms with Gasteiger partial charge in [0.15, 0.2) is 22.2 Å². The van der Waals surface area contributed by atoms with Crippen LogP contribution in [0.1, 0.15) is 39.7 Å². The normalized spacial score (nSPS) is 15.3. The largest absolute Gasteiger partial charge is 0.493 e. The first-order valence-electron chi connectivity index (χ1n) is 10.4. The number of rotatable bonds is 6. The van der Waals surface area contributed by atoms with Crippen molar-refractivity contribution in [3.8, 4) is 17.3 Å². The van der Waals surface area contributed by atoms with Gasteiger partial charge in [0, 0.05) is 24.5 Å². The molecule has 30 heavy (non-hydrogen) atoms. The molecule has 1 aromatic carbocycles. The van der Waals surface area contributed by atoms with Crippen molar-refractivity contribution < 1.29 is 13.9 Å². The SMILES string of the molecule is COc1cccc2cc(-c3nnc(SCC(=O)N4CCC(C)CC4)n3C(C)C)oc12. The molecule has 3 aromatic rings. The highest BCUT2D eigenvalue weighted by Crippen LogP contribution is 2.35. The molecular weight excluding hydrogens is 400 g/mol. The second kappa shape index (κ2) is 8.71. The van der Waals surface area contributed by atoms with E-state index < -0.39 is 0 Å². The van der Waals surface area contributed by atoms with Crippen LogP contribution in [0.15, 0.2) is 33.8 Å². The maximum Gasteiger partial charge on any atom is 0.233 e. The zero-order valence-corrected chi connectivity index (χ0v) is 18.7. The van der Waals surface area contributed by atoms with Gasteiger partial charge in [0.25, 0.3) is 0 Å². The van der Waals surface area contributed by atoms with Crippen molar-refractivity contribution in [3.63, 3.8) is 0 Å². The maximum atomic E-state index is 12.6. The lowest BCUT2D eigenvalue weighted by atomic mass is 9.99. The number of aromatic nitrogens is 3. The van der Waals surface area contributed by atoms with Crippen molar-refractivity contribution in [3.05, 3.63) is 24.3 Å². The van der Waals surface area contributed by atoms with Crippen LogP contribution in [0.4, 0.5) is 0 Å². The third-order valence-corrected chi connectivity index (χ3v) is 6.52. The first-order valence-corrected chi connectivity index (χ1v) is 11.4. The zero-order chi connectivity index (χ0) is 21.3. The molecule has 1 aliphatic heterocycles. The van der Waals surface area contributed by atoms with Gasteiger partial charge in [0.2, 0.25) is 11.7 Å². The third-order valence-electron chi connectivity index (χ3n) is 5.59. The Hall–Kier alpha value is -2.48. The van der Waals surface area contributed by atoms with Crippen molar-refractivity contribution in [2.75, 3.05) is 26.0 Å². The number of benzene rings is 1. The number of hydrogen-bond donors (Lipinski definition) is 0. The number of likely N-dealkylation sites (tertiary alicyclic amines) is 1. The minimum atomic E-state index is 0.124. The maximum absolute atomic E-state index is 12.6. The lowest BCUT2D eigenvalue weighted by molar-refractivity contribution is -0.129. The molecule has 0 atom stereocenters. The highest BCUT2D eigenvalue weighted by Gasteiger charge is 2.24. The second-order valence-corrected chi connectivity index (χ2v) is 9.05. The summed E-state index contributed by atoms with van der Waals surface area (Å²) in [6.45, 7) is 8.10. The molecule has 0 saturated carbocycles. The summed E-state index contributed by atoms with van der Waals surface area (Å²) in [7, 11) is 1.63. The van der Waals surface area contributed by atoms with E-state index in [0.29, 0.717) is 34.6 Å². The first-order chi connectivity index (χ1) is 14.5. The summed E-state index contributed by atoms with van der Waals surface area (Å²) in [6.07, 6.45) is 2.16. The number of methoxy groups -OCH3 is 1. The van der Waals surface area contributed by atoms with Crippen molar-refractivity contribution in [1.29, 1.82) is 0 Å². The number of piperidine rings is 1. The van der Waals surface area contributed by atoms with Gasteiger partial charge in [0.1, 0.15) is 0 Å². The van der Waals surface area contributed by atoms with Crippen LogP contribution >= 0.6 is 11.8 Å². The fourth-order valence-corrected chi connectivity index (χ4v) is 4.76. The van der Waals surface area contributed by atoms with Crippen LogP contribution in [0.5, 0.6) is 5.75 Å². The molecule has 4 rings (SSSR count). The van der Waals surface area contributed by atoms with Crippen LogP contribution in [-0.2, 0) is 4.79 Å². The summed E-state index contributed by atoms with van der Waals surface area (Å²) in [4.78, 5) is 14.6. The molecular formula is C22H28N4O3S. The number of nitrogens with zero attached hydrogens (tertiary/aromatic N) is 4. The van der Waals surface area contributed by atoms with Gasteiger partial charge in [-0.05, 0) is 44.7 Å². The molecule has 1 saturated heterocycles. The molecule has 1 fully saturated rings. The van der Waals surface area contributed by atoms with Crippen molar-refractivity contribution in [2.24, 2.45) is 5.92 Å². The Morgan fingerprint density at radius 2 is 2.07 bits per heavy atom. The van der Waals surface area contributed by atoms with Gasteiger partial charge < -0.3 is 14.1 Å². The van der Waals surface area contributed by atoms with Crippen LogP contribution < -0.4 is 4.74 Å². The summed E-state index contributed by atoms with van der Waals surface area (Å²) < 4.78 is 13.5. The first kappa shape index (κ1) is 20.8. The number of ether oxygens (including phenoxy) is 1. The molecule has 0 aliphatic carbocycles. The van der Waals surface area contributed by atoms with Gasteiger partial charge in [-0.25, -0.2) is 0 Å². The van der Waals surface area contributed by atoms with Crippen LogP contribution in [0, 0.1) is 5.92 Å². The monoisotopic (exact) mass is 428 g/mol. The van der Waals surface area contributed by atoms with E-state index in [-0.39, 0.29) is 11.9 Å². The van der Waals surface area contributed by atoms with Gasteiger partial charge in [-0.1, -0.05) is 30.8 Å². The summed E-state index contributed by atoms with van der Waals surface area (Å²) in [6, 6.07) is 7.86. The Bertz CT molecular complexity index is 1030.